The molecule has 1 aromatic heterocycles. The van der Waals surface area contributed by atoms with Crippen molar-refractivity contribution in [2.45, 2.75) is 45.1 Å². The highest BCUT2D eigenvalue weighted by Gasteiger charge is 2.28. The fraction of sp³-hybridized carbons (Fsp3) is 0.692. The normalized spacial score (nSPS) is 24.9. The van der Waals surface area contributed by atoms with Gasteiger partial charge in [-0.25, -0.2) is 0 Å². The van der Waals surface area contributed by atoms with Gasteiger partial charge in [-0.15, -0.1) is 0 Å². The largest absolute Gasteiger partial charge is 0.465 e. The van der Waals surface area contributed by atoms with Crippen molar-refractivity contribution < 1.29 is 9.53 Å². The summed E-state index contributed by atoms with van der Waals surface area (Å²) in [4.78, 5) is 11.9. The maximum atomic E-state index is 11.9. The van der Waals surface area contributed by atoms with E-state index >= 15 is 0 Å². The van der Waals surface area contributed by atoms with Crippen LogP contribution in [0.1, 0.15) is 36.9 Å². The van der Waals surface area contributed by atoms with Crippen LogP contribution in [0.2, 0.25) is 0 Å². The summed E-state index contributed by atoms with van der Waals surface area (Å²) >= 11 is 0. The standard InChI is InChI=1S/C13H18N2O2/c16-13-10-4-5-12-11(8-10)9-15(14-12)6-2-1-3-7-17-13/h9-10H,1-8H2. The molecule has 1 atom stereocenters. The minimum atomic E-state index is -0.0102. The molecular weight excluding hydrogens is 216 g/mol. The summed E-state index contributed by atoms with van der Waals surface area (Å²) in [6.07, 6.45) is 7.93. The molecule has 0 fully saturated rings. The van der Waals surface area contributed by atoms with Gasteiger partial charge in [-0.2, -0.15) is 5.10 Å². The molecule has 2 heterocycles. The summed E-state index contributed by atoms with van der Waals surface area (Å²) in [5, 5.41) is 4.60. The van der Waals surface area contributed by atoms with Crippen LogP contribution >= 0.6 is 0 Å². The Morgan fingerprint density at radius 3 is 3.24 bits per heavy atom. The van der Waals surface area contributed by atoms with Gasteiger partial charge in [0.1, 0.15) is 0 Å². The molecule has 1 aliphatic heterocycles. The molecule has 2 aliphatic rings. The van der Waals surface area contributed by atoms with E-state index in [4.69, 9.17) is 4.74 Å². The Morgan fingerprint density at radius 2 is 2.29 bits per heavy atom. The molecule has 0 saturated carbocycles. The number of carbonyl (C=O) groups excluding carboxylic acids is 1. The van der Waals surface area contributed by atoms with E-state index in [1.807, 2.05) is 0 Å². The number of aryl methyl sites for hydroxylation is 2. The van der Waals surface area contributed by atoms with Crippen molar-refractivity contribution in [3.63, 3.8) is 0 Å². The number of esters is 1. The minimum Gasteiger partial charge on any atom is -0.465 e. The second-order valence-electron chi connectivity index (χ2n) is 5.03. The molecule has 0 amide bonds. The van der Waals surface area contributed by atoms with Gasteiger partial charge in [0.2, 0.25) is 0 Å². The van der Waals surface area contributed by atoms with Gasteiger partial charge in [-0.05, 0) is 44.1 Å². The van der Waals surface area contributed by atoms with Gasteiger partial charge in [0.25, 0.3) is 0 Å². The van der Waals surface area contributed by atoms with E-state index in [0.29, 0.717) is 6.61 Å². The van der Waals surface area contributed by atoms with Gasteiger partial charge < -0.3 is 4.74 Å². The molecule has 0 aromatic carbocycles. The molecule has 4 heteroatoms. The van der Waals surface area contributed by atoms with Crippen LogP contribution in [0.15, 0.2) is 6.20 Å². The predicted octanol–water partition coefficient (Wildman–Crippen LogP) is 1.72. The molecule has 4 nitrogen and oxygen atoms in total. The van der Waals surface area contributed by atoms with Crippen LogP contribution in [0.25, 0.3) is 0 Å². The van der Waals surface area contributed by atoms with E-state index in [1.165, 1.54) is 11.3 Å². The average Bonchev–Trinajstić information content (AvgIpc) is 2.74. The van der Waals surface area contributed by atoms with E-state index in [2.05, 4.69) is 16.0 Å². The predicted molar refractivity (Wildman–Crippen MR) is 62.6 cm³/mol. The van der Waals surface area contributed by atoms with Crippen LogP contribution in [-0.4, -0.2) is 22.4 Å². The van der Waals surface area contributed by atoms with Crippen LogP contribution in [0.3, 0.4) is 0 Å². The SMILES string of the molecule is O=C1OCCCCCn2cc3c(n2)CCC1C3. The average molecular weight is 234 g/mol. The van der Waals surface area contributed by atoms with Crippen molar-refractivity contribution in [2.75, 3.05) is 6.61 Å². The summed E-state index contributed by atoms with van der Waals surface area (Å²) in [6, 6.07) is 0. The summed E-state index contributed by atoms with van der Waals surface area (Å²) in [7, 11) is 0. The quantitative estimate of drug-likeness (QED) is 0.642. The first-order chi connectivity index (χ1) is 8.33. The van der Waals surface area contributed by atoms with Crippen molar-refractivity contribution in [2.24, 2.45) is 5.92 Å². The number of ether oxygens (including phenoxy) is 1. The fourth-order valence-corrected chi connectivity index (χ4v) is 2.72. The smallest absolute Gasteiger partial charge is 0.309 e. The number of carbonyl (C=O) groups is 1. The lowest BCUT2D eigenvalue weighted by molar-refractivity contribution is -0.149. The molecule has 3 rings (SSSR count). The Labute approximate surface area is 101 Å². The molecule has 0 radical (unpaired) electrons. The van der Waals surface area contributed by atoms with Gasteiger partial charge in [0.15, 0.2) is 0 Å². The lowest BCUT2D eigenvalue weighted by Crippen LogP contribution is -2.24. The molecule has 0 saturated heterocycles. The van der Waals surface area contributed by atoms with E-state index in [9.17, 15) is 4.79 Å². The van der Waals surface area contributed by atoms with Crippen LogP contribution < -0.4 is 0 Å². The first-order valence-corrected chi connectivity index (χ1v) is 6.55. The van der Waals surface area contributed by atoms with Crippen molar-refractivity contribution in [1.82, 2.24) is 9.78 Å². The molecule has 17 heavy (non-hydrogen) atoms. The van der Waals surface area contributed by atoms with Crippen LogP contribution in [0.4, 0.5) is 0 Å². The van der Waals surface area contributed by atoms with Crippen molar-refractivity contribution in [1.29, 1.82) is 0 Å². The van der Waals surface area contributed by atoms with Gasteiger partial charge >= 0.3 is 5.97 Å². The Hall–Kier alpha value is -1.32. The number of hydrogen-bond acceptors (Lipinski definition) is 3. The van der Waals surface area contributed by atoms with Gasteiger partial charge in [-0.3, -0.25) is 9.48 Å². The van der Waals surface area contributed by atoms with Crippen molar-refractivity contribution in [3.8, 4) is 0 Å². The molecule has 3 bridgehead atoms. The number of rotatable bonds is 0. The molecular formula is C13H18N2O2. The Morgan fingerprint density at radius 1 is 1.35 bits per heavy atom. The molecule has 0 N–H and O–H groups in total. The van der Waals surface area contributed by atoms with Gasteiger partial charge in [0.05, 0.1) is 18.2 Å². The highest BCUT2D eigenvalue weighted by Crippen LogP contribution is 2.26. The van der Waals surface area contributed by atoms with E-state index in [0.717, 1.165) is 45.1 Å². The monoisotopic (exact) mass is 234 g/mol. The van der Waals surface area contributed by atoms with Crippen LogP contribution in [-0.2, 0) is 28.9 Å². The first-order valence-electron chi connectivity index (χ1n) is 6.55. The summed E-state index contributed by atoms with van der Waals surface area (Å²) < 4.78 is 7.39. The van der Waals surface area contributed by atoms with Crippen molar-refractivity contribution >= 4 is 5.97 Å². The van der Waals surface area contributed by atoms with Crippen LogP contribution in [0, 0.1) is 5.92 Å². The number of fused-ring (bicyclic) bond motifs is 2. The third-order valence-electron chi connectivity index (χ3n) is 3.73. The van der Waals surface area contributed by atoms with Gasteiger partial charge in [0, 0.05) is 12.7 Å². The first kappa shape index (κ1) is 10.8. The van der Waals surface area contributed by atoms with Gasteiger partial charge in [-0.1, -0.05) is 0 Å². The molecule has 1 unspecified atom stereocenters. The maximum Gasteiger partial charge on any atom is 0.309 e. The van der Waals surface area contributed by atoms with E-state index < -0.39 is 0 Å². The lowest BCUT2D eigenvalue weighted by atomic mass is 9.88. The lowest BCUT2D eigenvalue weighted by Gasteiger charge is -2.19. The summed E-state index contributed by atoms with van der Waals surface area (Å²) in [6.45, 7) is 1.58. The zero-order valence-electron chi connectivity index (χ0n) is 10.0. The number of hydrogen-bond donors (Lipinski definition) is 0. The maximum absolute atomic E-state index is 11.9. The summed E-state index contributed by atoms with van der Waals surface area (Å²) in [5.41, 5.74) is 2.44. The molecule has 1 aromatic rings. The molecule has 0 spiro atoms. The number of cyclic esters (lactones) is 1. The number of aromatic nitrogens is 2. The highest BCUT2D eigenvalue weighted by molar-refractivity contribution is 5.73. The third kappa shape index (κ3) is 2.21. The molecule has 92 valence electrons. The summed E-state index contributed by atoms with van der Waals surface area (Å²) in [5.74, 6) is 0.0450. The second-order valence-corrected chi connectivity index (χ2v) is 5.03. The zero-order chi connectivity index (χ0) is 11.7. The van der Waals surface area contributed by atoms with E-state index in [1.54, 1.807) is 0 Å². The Kier molecular flexibility index (Phi) is 2.87. The Balaban J connectivity index is 1.86. The Bertz CT molecular complexity index is 425. The highest BCUT2D eigenvalue weighted by atomic mass is 16.5. The molecule has 1 aliphatic carbocycles. The minimum absolute atomic E-state index is 0.0102. The third-order valence-corrected chi connectivity index (χ3v) is 3.73. The fourth-order valence-electron chi connectivity index (χ4n) is 2.72. The second kappa shape index (κ2) is 4.51. The topological polar surface area (TPSA) is 44.1 Å². The van der Waals surface area contributed by atoms with Crippen molar-refractivity contribution in [3.05, 3.63) is 17.5 Å². The zero-order valence-corrected chi connectivity index (χ0v) is 10.0. The number of nitrogens with zero attached hydrogens (tertiary/aromatic N) is 2. The van der Waals surface area contributed by atoms with Crippen LogP contribution in [0.5, 0.6) is 0 Å². The van der Waals surface area contributed by atoms with E-state index in [-0.39, 0.29) is 11.9 Å².